The first-order valence-electron chi connectivity index (χ1n) is 6.12. The lowest BCUT2D eigenvalue weighted by Crippen LogP contribution is -2.47. The summed E-state index contributed by atoms with van der Waals surface area (Å²) in [6.45, 7) is 4.90. The van der Waals surface area contributed by atoms with Crippen molar-refractivity contribution in [3.63, 3.8) is 0 Å². The Morgan fingerprint density at radius 1 is 1.20 bits per heavy atom. The zero-order chi connectivity index (χ0) is 15.5. The molecule has 0 unspecified atom stereocenters. The summed E-state index contributed by atoms with van der Waals surface area (Å²) in [4.78, 5) is 24.1. The molecule has 1 N–H and O–H groups in total. The summed E-state index contributed by atoms with van der Waals surface area (Å²) in [5.74, 6) is -3.85. The van der Waals surface area contributed by atoms with E-state index in [9.17, 15) is 18.4 Å². The number of nitrogens with zero attached hydrogens (tertiary/aromatic N) is 1. The standard InChI is InChI=1S/C14H17F2NO3/c1-14(2,3)17(8-7-11(18)19)13(20)12-9(15)5-4-6-10(12)16/h4-6H,7-8H2,1-3H3,(H,18,19). The van der Waals surface area contributed by atoms with Crippen molar-refractivity contribution in [3.05, 3.63) is 35.4 Å². The van der Waals surface area contributed by atoms with Crippen LogP contribution in [0.5, 0.6) is 0 Å². The lowest BCUT2D eigenvalue weighted by Gasteiger charge is -2.35. The summed E-state index contributed by atoms with van der Waals surface area (Å²) in [6, 6.07) is 3.16. The summed E-state index contributed by atoms with van der Waals surface area (Å²) in [6.07, 6.45) is -0.293. The molecule has 1 aromatic carbocycles. The molecule has 20 heavy (non-hydrogen) atoms. The van der Waals surface area contributed by atoms with Gasteiger partial charge in [0.15, 0.2) is 0 Å². The minimum Gasteiger partial charge on any atom is -0.481 e. The third kappa shape index (κ3) is 3.76. The first kappa shape index (κ1) is 16.1. The molecule has 0 aliphatic heterocycles. The van der Waals surface area contributed by atoms with Gasteiger partial charge < -0.3 is 10.0 Å². The van der Waals surface area contributed by atoms with Crippen LogP contribution in [-0.4, -0.2) is 34.0 Å². The third-order valence-electron chi connectivity index (χ3n) is 2.78. The van der Waals surface area contributed by atoms with Crippen molar-refractivity contribution < 1.29 is 23.5 Å². The fraction of sp³-hybridized carbons (Fsp3) is 0.429. The summed E-state index contributed by atoms with van der Waals surface area (Å²) in [5, 5.41) is 8.70. The number of carbonyl (C=O) groups excluding carboxylic acids is 1. The molecular formula is C14H17F2NO3. The highest BCUT2D eigenvalue weighted by Gasteiger charge is 2.31. The van der Waals surface area contributed by atoms with Crippen LogP contribution in [0.3, 0.4) is 0 Å². The molecule has 1 rings (SSSR count). The minimum atomic E-state index is -1.08. The highest BCUT2D eigenvalue weighted by Crippen LogP contribution is 2.21. The first-order valence-corrected chi connectivity index (χ1v) is 6.12. The largest absolute Gasteiger partial charge is 0.481 e. The second-order valence-corrected chi connectivity index (χ2v) is 5.37. The van der Waals surface area contributed by atoms with Gasteiger partial charge in [-0.15, -0.1) is 0 Å². The average molecular weight is 285 g/mol. The van der Waals surface area contributed by atoms with E-state index < -0.39 is 34.6 Å². The van der Waals surface area contributed by atoms with Crippen LogP contribution in [0.2, 0.25) is 0 Å². The minimum absolute atomic E-state index is 0.120. The maximum Gasteiger partial charge on any atom is 0.305 e. The molecule has 0 bridgehead atoms. The average Bonchev–Trinajstić information content (AvgIpc) is 2.26. The molecule has 0 aliphatic rings. The zero-order valence-corrected chi connectivity index (χ0v) is 11.6. The Morgan fingerprint density at radius 2 is 1.70 bits per heavy atom. The summed E-state index contributed by atoms with van der Waals surface area (Å²) >= 11 is 0. The van der Waals surface area contributed by atoms with Crippen LogP contribution in [0.4, 0.5) is 8.78 Å². The van der Waals surface area contributed by atoms with E-state index in [1.807, 2.05) is 0 Å². The molecule has 110 valence electrons. The van der Waals surface area contributed by atoms with E-state index in [1.54, 1.807) is 20.8 Å². The van der Waals surface area contributed by atoms with Crippen LogP contribution in [0.15, 0.2) is 18.2 Å². The number of carbonyl (C=O) groups is 2. The number of carboxylic acid groups (broad SMARTS) is 1. The molecule has 1 aromatic rings. The number of aliphatic carboxylic acids is 1. The van der Waals surface area contributed by atoms with Crippen molar-refractivity contribution in [1.82, 2.24) is 4.90 Å². The summed E-state index contributed by atoms with van der Waals surface area (Å²) < 4.78 is 27.3. The van der Waals surface area contributed by atoms with Crippen LogP contribution >= 0.6 is 0 Å². The molecule has 0 radical (unpaired) electrons. The molecule has 0 fully saturated rings. The molecule has 6 heteroatoms. The number of amides is 1. The third-order valence-corrected chi connectivity index (χ3v) is 2.78. The molecule has 0 aromatic heterocycles. The number of carboxylic acids is 1. The van der Waals surface area contributed by atoms with Gasteiger partial charge >= 0.3 is 5.97 Å². The van der Waals surface area contributed by atoms with Gasteiger partial charge in [0.25, 0.3) is 5.91 Å². The van der Waals surface area contributed by atoms with Gasteiger partial charge in [-0.25, -0.2) is 8.78 Å². The Labute approximate surface area is 116 Å². The van der Waals surface area contributed by atoms with E-state index in [4.69, 9.17) is 5.11 Å². The van der Waals surface area contributed by atoms with Gasteiger partial charge in [-0.3, -0.25) is 9.59 Å². The van der Waals surface area contributed by atoms with Gasteiger partial charge in [-0.05, 0) is 32.9 Å². The van der Waals surface area contributed by atoms with Gasteiger partial charge in [-0.2, -0.15) is 0 Å². The fourth-order valence-electron chi connectivity index (χ4n) is 1.79. The van der Waals surface area contributed by atoms with Gasteiger partial charge in [0, 0.05) is 12.1 Å². The van der Waals surface area contributed by atoms with Crippen molar-refractivity contribution in [2.24, 2.45) is 0 Å². The molecule has 0 heterocycles. The van der Waals surface area contributed by atoms with E-state index in [1.165, 1.54) is 6.07 Å². The molecule has 0 saturated carbocycles. The van der Waals surface area contributed by atoms with Crippen LogP contribution < -0.4 is 0 Å². The van der Waals surface area contributed by atoms with Crippen LogP contribution in [0.25, 0.3) is 0 Å². The first-order chi connectivity index (χ1) is 9.14. The molecule has 0 aliphatic carbocycles. The van der Waals surface area contributed by atoms with E-state index in [0.717, 1.165) is 17.0 Å². The molecule has 4 nitrogen and oxygen atoms in total. The van der Waals surface area contributed by atoms with Crippen molar-refractivity contribution >= 4 is 11.9 Å². The van der Waals surface area contributed by atoms with Gasteiger partial charge in [-0.1, -0.05) is 6.07 Å². The predicted octanol–water partition coefficient (Wildman–Crippen LogP) is 2.68. The maximum absolute atomic E-state index is 13.6. The zero-order valence-electron chi connectivity index (χ0n) is 11.6. The van der Waals surface area contributed by atoms with E-state index in [2.05, 4.69) is 0 Å². The molecule has 1 amide bonds. The number of hydrogen-bond donors (Lipinski definition) is 1. The van der Waals surface area contributed by atoms with Crippen molar-refractivity contribution in [2.45, 2.75) is 32.7 Å². The monoisotopic (exact) mass is 285 g/mol. The second kappa shape index (κ2) is 5.98. The Morgan fingerprint density at radius 3 is 2.10 bits per heavy atom. The Balaban J connectivity index is 3.14. The Hall–Kier alpha value is -1.98. The lowest BCUT2D eigenvalue weighted by molar-refractivity contribution is -0.137. The predicted molar refractivity (Wildman–Crippen MR) is 69.4 cm³/mol. The van der Waals surface area contributed by atoms with E-state index >= 15 is 0 Å². The SMILES string of the molecule is CC(C)(C)N(CCC(=O)O)C(=O)c1c(F)cccc1F. The quantitative estimate of drug-likeness (QED) is 0.925. The summed E-state index contributed by atoms with van der Waals surface area (Å²) in [5.41, 5.74) is -1.41. The highest BCUT2D eigenvalue weighted by atomic mass is 19.1. The summed E-state index contributed by atoms with van der Waals surface area (Å²) in [7, 11) is 0. The topological polar surface area (TPSA) is 57.6 Å². The molecule has 0 spiro atoms. The Bertz CT molecular complexity index is 503. The number of rotatable bonds is 4. The number of hydrogen-bond acceptors (Lipinski definition) is 2. The fourth-order valence-corrected chi connectivity index (χ4v) is 1.79. The maximum atomic E-state index is 13.6. The van der Waals surface area contributed by atoms with Crippen molar-refractivity contribution in [3.8, 4) is 0 Å². The van der Waals surface area contributed by atoms with Gasteiger partial charge in [0.2, 0.25) is 0 Å². The van der Waals surface area contributed by atoms with Crippen LogP contribution in [0, 0.1) is 11.6 Å². The van der Waals surface area contributed by atoms with Crippen molar-refractivity contribution in [1.29, 1.82) is 0 Å². The molecule has 0 saturated heterocycles. The van der Waals surface area contributed by atoms with E-state index in [-0.39, 0.29) is 13.0 Å². The Kier molecular flexibility index (Phi) is 4.81. The molecular weight excluding hydrogens is 268 g/mol. The smallest absolute Gasteiger partial charge is 0.305 e. The molecule has 0 atom stereocenters. The number of benzene rings is 1. The highest BCUT2D eigenvalue weighted by molar-refractivity contribution is 5.95. The normalized spacial score (nSPS) is 11.2. The van der Waals surface area contributed by atoms with Crippen LogP contribution in [-0.2, 0) is 4.79 Å². The van der Waals surface area contributed by atoms with Gasteiger partial charge in [0.1, 0.15) is 17.2 Å². The van der Waals surface area contributed by atoms with Crippen LogP contribution in [0.1, 0.15) is 37.6 Å². The van der Waals surface area contributed by atoms with Crippen molar-refractivity contribution in [2.75, 3.05) is 6.54 Å². The second-order valence-electron chi connectivity index (χ2n) is 5.37. The number of halogens is 2. The lowest BCUT2D eigenvalue weighted by atomic mass is 10.0. The van der Waals surface area contributed by atoms with Gasteiger partial charge in [0.05, 0.1) is 6.42 Å². The van der Waals surface area contributed by atoms with E-state index in [0.29, 0.717) is 0 Å².